The molecule has 3 rings (SSSR count). The summed E-state index contributed by atoms with van der Waals surface area (Å²) >= 11 is 0. The van der Waals surface area contributed by atoms with E-state index in [2.05, 4.69) is 10.1 Å². The van der Waals surface area contributed by atoms with Crippen LogP contribution in [0.15, 0.2) is 4.52 Å². The highest BCUT2D eigenvalue weighted by Gasteiger charge is 2.44. The Morgan fingerprint density at radius 1 is 1.47 bits per heavy atom. The lowest BCUT2D eigenvalue weighted by atomic mass is 9.89. The van der Waals surface area contributed by atoms with E-state index in [-0.39, 0.29) is 17.8 Å². The zero-order chi connectivity index (χ0) is 10.4. The minimum absolute atomic E-state index is 0.0874. The summed E-state index contributed by atoms with van der Waals surface area (Å²) in [6, 6.07) is 0. The molecule has 1 aromatic rings. The van der Waals surface area contributed by atoms with E-state index < -0.39 is 5.97 Å². The minimum atomic E-state index is -1.16. The van der Waals surface area contributed by atoms with Gasteiger partial charge in [-0.25, -0.2) is 4.79 Å². The van der Waals surface area contributed by atoms with Crippen LogP contribution in [0.1, 0.15) is 41.7 Å². The summed E-state index contributed by atoms with van der Waals surface area (Å²) in [6.45, 7) is 0. The molecule has 80 valence electrons. The van der Waals surface area contributed by atoms with E-state index in [1.54, 1.807) is 0 Å². The Kier molecular flexibility index (Phi) is 1.79. The van der Waals surface area contributed by atoms with Crippen LogP contribution in [0.2, 0.25) is 0 Å². The molecule has 2 bridgehead atoms. The van der Waals surface area contributed by atoms with Gasteiger partial charge in [0.15, 0.2) is 0 Å². The van der Waals surface area contributed by atoms with Gasteiger partial charge in [-0.1, -0.05) is 0 Å². The number of aromatic carboxylic acids is 1. The molecule has 0 spiro atoms. The van der Waals surface area contributed by atoms with Crippen LogP contribution in [0.5, 0.6) is 0 Å². The quantitative estimate of drug-likeness (QED) is 0.777. The fourth-order valence-electron chi connectivity index (χ4n) is 2.37. The summed E-state index contributed by atoms with van der Waals surface area (Å²) in [6.07, 6.45) is 3.38. The van der Waals surface area contributed by atoms with E-state index in [0.29, 0.717) is 12.0 Å². The summed E-state index contributed by atoms with van der Waals surface area (Å²) < 4.78 is 10.6. The van der Waals surface area contributed by atoms with Gasteiger partial charge in [0.1, 0.15) is 0 Å². The van der Waals surface area contributed by atoms with Crippen LogP contribution in [-0.4, -0.2) is 33.4 Å². The van der Waals surface area contributed by atoms with E-state index in [4.69, 9.17) is 14.4 Å². The van der Waals surface area contributed by atoms with Gasteiger partial charge in [-0.15, -0.1) is 0 Å². The zero-order valence-corrected chi connectivity index (χ0v) is 7.92. The van der Waals surface area contributed by atoms with Gasteiger partial charge in [0.25, 0.3) is 5.82 Å². The first-order chi connectivity index (χ1) is 7.24. The second kappa shape index (κ2) is 3.03. The summed E-state index contributed by atoms with van der Waals surface area (Å²) in [5.41, 5.74) is 0. The molecule has 2 saturated heterocycles. The van der Waals surface area contributed by atoms with Crippen molar-refractivity contribution in [3.05, 3.63) is 11.7 Å². The highest BCUT2D eigenvalue weighted by atomic mass is 16.5. The van der Waals surface area contributed by atoms with Crippen LogP contribution in [0.25, 0.3) is 0 Å². The Hall–Kier alpha value is -1.43. The normalized spacial score (nSPS) is 33.5. The molecular weight excluding hydrogens is 200 g/mol. The van der Waals surface area contributed by atoms with Crippen molar-refractivity contribution < 1.29 is 19.2 Å². The molecule has 2 aliphatic heterocycles. The van der Waals surface area contributed by atoms with Crippen molar-refractivity contribution in [1.29, 1.82) is 0 Å². The van der Waals surface area contributed by atoms with Gasteiger partial charge < -0.3 is 14.4 Å². The lowest BCUT2D eigenvalue weighted by molar-refractivity contribution is 0.0680. The summed E-state index contributed by atoms with van der Waals surface area (Å²) in [4.78, 5) is 14.4. The molecule has 6 heteroatoms. The van der Waals surface area contributed by atoms with Crippen LogP contribution in [-0.2, 0) is 4.74 Å². The maximum absolute atomic E-state index is 10.6. The lowest BCUT2D eigenvalue weighted by Crippen LogP contribution is -2.14. The number of carbonyl (C=O) groups is 1. The maximum atomic E-state index is 10.6. The van der Waals surface area contributed by atoms with Gasteiger partial charge in [-0.05, 0) is 24.4 Å². The summed E-state index contributed by atoms with van der Waals surface area (Å²) in [5, 5.41) is 12.1. The SMILES string of the molecule is O=C(O)c1noc(C2C[C@@H]3CC[C@H]2O3)n1. The molecular formula is C9H10N2O4. The summed E-state index contributed by atoms with van der Waals surface area (Å²) in [7, 11) is 0. The first-order valence-electron chi connectivity index (χ1n) is 4.96. The average molecular weight is 210 g/mol. The van der Waals surface area contributed by atoms with Gasteiger partial charge in [-0.3, -0.25) is 0 Å². The number of ether oxygens (including phenoxy) is 1. The first-order valence-corrected chi connectivity index (χ1v) is 4.96. The van der Waals surface area contributed by atoms with Crippen LogP contribution < -0.4 is 0 Å². The molecule has 15 heavy (non-hydrogen) atoms. The summed E-state index contributed by atoms with van der Waals surface area (Å²) in [5.74, 6) is -0.939. The molecule has 0 aromatic carbocycles. The molecule has 2 fully saturated rings. The van der Waals surface area contributed by atoms with Crippen molar-refractivity contribution in [1.82, 2.24) is 10.1 Å². The van der Waals surface area contributed by atoms with Crippen molar-refractivity contribution in [3.63, 3.8) is 0 Å². The van der Waals surface area contributed by atoms with Gasteiger partial charge in [0.2, 0.25) is 5.89 Å². The third-order valence-corrected chi connectivity index (χ3v) is 3.06. The Morgan fingerprint density at radius 2 is 2.33 bits per heavy atom. The minimum Gasteiger partial charge on any atom is -0.475 e. The van der Waals surface area contributed by atoms with Gasteiger partial charge in [-0.2, -0.15) is 4.98 Å². The number of carboxylic acid groups (broad SMARTS) is 1. The number of hydrogen-bond donors (Lipinski definition) is 1. The molecule has 2 aliphatic rings. The zero-order valence-electron chi connectivity index (χ0n) is 7.92. The van der Waals surface area contributed by atoms with Crippen molar-refractivity contribution >= 4 is 5.97 Å². The standard InChI is InChI=1S/C9H10N2O4/c12-9(13)7-10-8(15-11-7)5-3-4-1-2-6(5)14-4/h4-6H,1-3H2,(H,12,13)/t4-,5?,6+/m0/s1. The molecule has 1 N–H and O–H groups in total. The van der Waals surface area contributed by atoms with Crippen LogP contribution in [0.4, 0.5) is 0 Å². The second-order valence-corrected chi connectivity index (χ2v) is 3.98. The van der Waals surface area contributed by atoms with E-state index in [9.17, 15) is 4.79 Å². The number of carboxylic acids is 1. The average Bonchev–Trinajstić information content (AvgIpc) is 2.93. The van der Waals surface area contributed by atoms with Crippen molar-refractivity contribution in [3.8, 4) is 0 Å². The first kappa shape index (κ1) is 8.84. The molecule has 3 atom stereocenters. The fourth-order valence-corrected chi connectivity index (χ4v) is 2.37. The van der Waals surface area contributed by atoms with Crippen molar-refractivity contribution in [2.24, 2.45) is 0 Å². The monoisotopic (exact) mass is 210 g/mol. The molecule has 0 saturated carbocycles. The number of nitrogens with zero attached hydrogens (tertiary/aromatic N) is 2. The highest BCUT2D eigenvalue weighted by Crippen LogP contribution is 2.43. The van der Waals surface area contributed by atoms with Gasteiger partial charge in [0, 0.05) is 0 Å². The number of hydrogen-bond acceptors (Lipinski definition) is 5. The van der Waals surface area contributed by atoms with E-state index in [1.807, 2.05) is 0 Å². The molecule has 1 aromatic heterocycles. The largest absolute Gasteiger partial charge is 0.475 e. The number of aromatic nitrogens is 2. The van der Waals surface area contributed by atoms with Crippen LogP contribution in [0.3, 0.4) is 0 Å². The third-order valence-electron chi connectivity index (χ3n) is 3.06. The lowest BCUT2D eigenvalue weighted by Gasteiger charge is -2.13. The Morgan fingerprint density at radius 3 is 2.87 bits per heavy atom. The molecule has 6 nitrogen and oxygen atoms in total. The third kappa shape index (κ3) is 1.32. The molecule has 1 unspecified atom stereocenters. The predicted octanol–water partition coefficient (Wildman–Crippen LogP) is 0.803. The Labute approximate surface area is 85.2 Å². The van der Waals surface area contributed by atoms with Crippen molar-refractivity contribution in [2.45, 2.75) is 37.4 Å². The van der Waals surface area contributed by atoms with Crippen molar-refractivity contribution in [2.75, 3.05) is 0 Å². The maximum Gasteiger partial charge on any atom is 0.377 e. The van der Waals surface area contributed by atoms with Crippen LogP contribution >= 0.6 is 0 Å². The molecule has 3 heterocycles. The number of fused-ring (bicyclic) bond motifs is 2. The highest BCUT2D eigenvalue weighted by molar-refractivity contribution is 5.82. The topological polar surface area (TPSA) is 85.5 Å². The molecule has 0 aliphatic carbocycles. The van der Waals surface area contributed by atoms with E-state index in [0.717, 1.165) is 19.3 Å². The van der Waals surface area contributed by atoms with E-state index in [1.165, 1.54) is 0 Å². The molecule has 0 amide bonds. The van der Waals surface area contributed by atoms with Gasteiger partial charge >= 0.3 is 5.97 Å². The smallest absolute Gasteiger partial charge is 0.377 e. The predicted molar refractivity (Wildman–Crippen MR) is 46.5 cm³/mol. The number of rotatable bonds is 2. The second-order valence-electron chi connectivity index (χ2n) is 3.98. The van der Waals surface area contributed by atoms with E-state index >= 15 is 0 Å². The molecule has 0 radical (unpaired) electrons. The van der Waals surface area contributed by atoms with Gasteiger partial charge in [0.05, 0.1) is 18.1 Å². The Balaban J connectivity index is 1.84. The Bertz CT molecular complexity index is 403. The van der Waals surface area contributed by atoms with Crippen LogP contribution in [0, 0.1) is 0 Å². The fraction of sp³-hybridized carbons (Fsp3) is 0.667.